The van der Waals surface area contributed by atoms with Gasteiger partial charge in [0.25, 0.3) is 0 Å². The molecule has 0 bridgehead atoms. The van der Waals surface area contributed by atoms with Crippen molar-refractivity contribution in [3.63, 3.8) is 0 Å². The smallest absolute Gasteiger partial charge is 0.0394 e. The number of rotatable bonds is 2. The van der Waals surface area contributed by atoms with Gasteiger partial charge in [-0.15, -0.1) is 0 Å². The van der Waals surface area contributed by atoms with E-state index >= 15 is 0 Å². The van der Waals surface area contributed by atoms with Crippen molar-refractivity contribution in [3.05, 3.63) is 41.5 Å². The Balaban J connectivity index is 2.29. The maximum atomic E-state index is 2.52. The maximum absolute atomic E-state index is 2.52. The summed E-state index contributed by atoms with van der Waals surface area (Å²) < 4.78 is 0. The number of anilines is 1. The summed E-state index contributed by atoms with van der Waals surface area (Å²) in [6.07, 6.45) is 1.20. The third kappa shape index (κ3) is 3.20. The second-order valence-electron chi connectivity index (χ2n) is 6.92. The fraction of sp³-hybridized carbons (Fsp3) is 0.556. The second-order valence-corrected chi connectivity index (χ2v) is 6.92. The summed E-state index contributed by atoms with van der Waals surface area (Å²) in [7, 11) is 0. The molecule has 0 atom stereocenters. The summed E-state index contributed by atoms with van der Waals surface area (Å²) in [5.74, 6) is 0.640. The molecule has 2 rings (SSSR count). The van der Waals surface area contributed by atoms with Crippen molar-refractivity contribution in [1.29, 1.82) is 0 Å². The molecule has 0 saturated heterocycles. The fourth-order valence-corrected chi connectivity index (χ4v) is 3.03. The van der Waals surface area contributed by atoms with Crippen molar-refractivity contribution in [2.45, 2.75) is 41.0 Å². The first kappa shape index (κ1) is 14.2. The predicted octanol–water partition coefficient (Wildman–Crippen LogP) is 4.90. The van der Waals surface area contributed by atoms with Gasteiger partial charge in [0.2, 0.25) is 0 Å². The van der Waals surface area contributed by atoms with Gasteiger partial charge >= 0.3 is 0 Å². The zero-order valence-corrected chi connectivity index (χ0v) is 13.0. The van der Waals surface area contributed by atoms with Crippen LogP contribution in [0.4, 0.5) is 5.69 Å². The van der Waals surface area contributed by atoms with Gasteiger partial charge in [0, 0.05) is 18.8 Å². The Hall–Kier alpha value is -1.24. The first-order chi connectivity index (χ1) is 8.89. The average Bonchev–Trinajstić information content (AvgIpc) is 2.38. The van der Waals surface area contributed by atoms with Crippen molar-refractivity contribution in [2.24, 2.45) is 11.3 Å². The van der Waals surface area contributed by atoms with Gasteiger partial charge in [-0.2, -0.15) is 0 Å². The van der Waals surface area contributed by atoms with Crippen LogP contribution in [0.1, 0.15) is 41.0 Å². The number of para-hydroxylation sites is 1. The molecule has 104 valence electrons. The molecular formula is C18H27N. The van der Waals surface area contributed by atoms with Crippen LogP contribution >= 0.6 is 0 Å². The number of nitrogens with zero attached hydrogens (tertiary/aromatic N) is 1. The molecule has 1 heteroatoms. The normalized spacial score (nSPS) is 17.3. The van der Waals surface area contributed by atoms with Gasteiger partial charge < -0.3 is 4.90 Å². The number of benzene rings is 1. The van der Waals surface area contributed by atoms with E-state index in [-0.39, 0.29) is 0 Å². The minimum absolute atomic E-state index is 0.308. The highest BCUT2D eigenvalue weighted by Crippen LogP contribution is 2.37. The van der Waals surface area contributed by atoms with Gasteiger partial charge in [-0.1, -0.05) is 58.4 Å². The van der Waals surface area contributed by atoms with E-state index in [0.717, 1.165) is 13.1 Å². The first-order valence-corrected chi connectivity index (χ1v) is 7.42. The Morgan fingerprint density at radius 1 is 1.05 bits per heavy atom. The van der Waals surface area contributed by atoms with E-state index in [9.17, 15) is 0 Å². The van der Waals surface area contributed by atoms with Gasteiger partial charge in [0.1, 0.15) is 0 Å². The van der Waals surface area contributed by atoms with Crippen LogP contribution in [-0.4, -0.2) is 13.1 Å². The van der Waals surface area contributed by atoms with Gasteiger partial charge in [-0.25, -0.2) is 0 Å². The Bertz CT molecular complexity index is 448. The van der Waals surface area contributed by atoms with Crippen LogP contribution in [0.5, 0.6) is 0 Å². The van der Waals surface area contributed by atoms with Crippen LogP contribution in [0.3, 0.4) is 0 Å². The lowest BCUT2D eigenvalue weighted by Crippen LogP contribution is -2.35. The standard InChI is InChI=1S/C18H27N/c1-14(2)16-13-19(15-9-7-6-8-10-15)12-11-17(16)18(3,4)5/h6-10,14H,11-13H2,1-5H3. The summed E-state index contributed by atoms with van der Waals surface area (Å²) in [5.41, 5.74) is 4.98. The first-order valence-electron chi connectivity index (χ1n) is 7.42. The van der Waals surface area contributed by atoms with E-state index in [1.807, 2.05) is 0 Å². The molecule has 1 heterocycles. The highest BCUT2D eigenvalue weighted by molar-refractivity contribution is 5.49. The lowest BCUT2D eigenvalue weighted by Gasteiger charge is -2.39. The van der Waals surface area contributed by atoms with Crippen LogP contribution in [0, 0.1) is 11.3 Å². The molecule has 1 aliphatic rings. The van der Waals surface area contributed by atoms with Crippen LogP contribution in [-0.2, 0) is 0 Å². The number of hydrogen-bond acceptors (Lipinski definition) is 1. The van der Waals surface area contributed by atoms with Gasteiger partial charge in [-0.05, 0) is 35.5 Å². The molecule has 0 spiro atoms. The summed E-state index contributed by atoms with van der Waals surface area (Å²) >= 11 is 0. The molecule has 0 aromatic heterocycles. The molecule has 1 aromatic carbocycles. The van der Waals surface area contributed by atoms with Crippen molar-refractivity contribution in [2.75, 3.05) is 18.0 Å². The van der Waals surface area contributed by atoms with Crippen molar-refractivity contribution >= 4 is 5.69 Å². The molecule has 0 radical (unpaired) electrons. The molecular weight excluding hydrogens is 230 g/mol. The fourth-order valence-electron chi connectivity index (χ4n) is 3.03. The van der Waals surface area contributed by atoms with E-state index in [1.165, 1.54) is 12.1 Å². The third-order valence-electron chi connectivity index (χ3n) is 4.10. The summed E-state index contributed by atoms with van der Waals surface area (Å²) in [4.78, 5) is 2.52. The van der Waals surface area contributed by atoms with Crippen molar-refractivity contribution in [3.8, 4) is 0 Å². The van der Waals surface area contributed by atoms with Crippen molar-refractivity contribution < 1.29 is 0 Å². The Labute approximate surface area is 118 Å². The zero-order chi connectivity index (χ0) is 14.0. The molecule has 0 aliphatic carbocycles. The van der Waals surface area contributed by atoms with E-state index in [4.69, 9.17) is 0 Å². The highest BCUT2D eigenvalue weighted by atomic mass is 15.1. The van der Waals surface area contributed by atoms with Crippen LogP contribution < -0.4 is 4.90 Å². The molecule has 1 aromatic rings. The molecule has 0 saturated carbocycles. The monoisotopic (exact) mass is 257 g/mol. The van der Waals surface area contributed by atoms with E-state index in [2.05, 4.69) is 69.9 Å². The molecule has 0 unspecified atom stereocenters. The SMILES string of the molecule is CC(C)C1=C(C(C)(C)C)CCN(c2ccccc2)C1. The van der Waals surface area contributed by atoms with Gasteiger partial charge in [0.15, 0.2) is 0 Å². The minimum Gasteiger partial charge on any atom is -0.367 e. The molecule has 0 amide bonds. The van der Waals surface area contributed by atoms with E-state index in [0.29, 0.717) is 11.3 Å². The third-order valence-corrected chi connectivity index (χ3v) is 4.10. The van der Waals surface area contributed by atoms with Crippen molar-refractivity contribution in [1.82, 2.24) is 0 Å². The van der Waals surface area contributed by atoms with Gasteiger partial charge in [-0.3, -0.25) is 0 Å². The van der Waals surface area contributed by atoms with E-state index in [1.54, 1.807) is 11.1 Å². The second kappa shape index (κ2) is 5.40. The molecule has 0 fully saturated rings. The quantitative estimate of drug-likeness (QED) is 0.681. The molecule has 19 heavy (non-hydrogen) atoms. The van der Waals surface area contributed by atoms with E-state index < -0.39 is 0 Å². The van der Waals surface area contributed by atoms with Gasteiger partial charge in [0.05, 0.1) is 0 Å². The lowest BCUT2D eigenvalue weighted by atomic mass is 9.77. The lowest BCUT2D eigenvalue weighted by molar-refractivity contribution is 0.452. The topological polar surface area (TPSA) is 3.24 Å². The summed E-state index contributed by atoms with van der Waals surface area (Å²) in [5, 5.41) is 0. The summed E-state index contributed by atoms with van der Waals surface area (Å²) in [6, 6.07) is 10.8. The molecule has 1 nitrogen and oxygen atoms in total. The Kier molecular flexibility index (Phi) is 4.03. The Morgan fingerprint density at radius 3 is 2.21 bits per heavy atom. The molecule has 1 aliphatic heterocycles. The average molecular weight is 257 g/mol. The minimum atomic E-state index is 0.308. The largest absolute Gasteiger partial charge is 0.367 e. The number of hydrogen-bond donors (Lipinski definition) is 0. The predicted molar refractivity (Wildman–Crippen MR) is 84.6 cm³/mol. The Morgan fingerprint density at radius 2 is 1.68 bits per heavy atom. The maximum Gasteiger partial charge on any atom is 0.0394 e. The molecule has 0 N–H and O–H groups in total. The van der Waals surface area contributed by atoms with Crippen LogP contribution in [0.15, 0.2) is 41.5 Å². The van der Waals surface area contributed by atoms with Crippen LogP contribution in [0.2, 0.25) is 0 Å². The highest BCUT2D eigenvalue weighted by Gasteiger charge is 2.27. The zero-order valence-electron chi connectivity index (χ0n) is 13.0. The summed E-state index contributed by atoms with van der Waals surface area (Å²) in [6.45, 7) is 13.9. The van der Waals surface area contributed by atoms with Crippen LogP contribution in [0.25, 0.3) is 0 Å².